The minimum absolute atomic E-state index is 0.116. The van der Waals surface area contributed by atoms with Gasteiger partial charge in [-0.2, -0.15) is 9.78 Å². The first-order valence-electron chi connectivity index (χ1n) is 9.48. The van der Waals surface area contributed by atoms with E-state index < -0.39 is 0 Å². The van der Waals surface area contributed by atoms with Crippen molar-refractivity contribution in [2.75, 3.05) is 7.11 Å². The molecule has 0 unspecified atom stereocenters. The van der Waals surface area contributed by atoms with E-state index in [9.17, 15) is 9.18 Å². The Morgan fingerprint density at radius 1 is 1.13 bits per heavy atom. The van der Waals surface area contributed by atoms with Crippen LogP contribution in [-0.2, 0) is 17.9 Å². The van der Waals surface area contributed by atoms with E-state index >= 15 is 0 Å². The van der Waals surface area contributed by atoms with E-state index in [2.05, 4.69) is 25.4 Å². The lowest BCUT2D eigenvalue weighted by Gasteiger charge is -2.10. The maximum absolute atomic E-state index is 14.2. The number of pyridine rings is 1. The number of hydrogen-bond donors (Lipinski definition) is 1. The van der Waals surface area contributed by atoms with Gasteiger partial charge < -0.3 is 10.1 Å². The smallest absolute Gasteiger partial charge is 0.255 e. The van der Waals surface area contributed by atoms with Gasteiger partial charge >= 0.3 is 0 Å². The third kappa shape index (κ3) is 4.46. The largest absolute Gasteiger partial charge is 0.378 e. The molecule has 4 aromatic rings. The summed E-state index contributed by atoms with van der Waals surface area (Å²) in [6, 6.07) is 11.6. The fourth-order valence-corrected chi connectivity index (χ4v) is 3.06. The van der Waals surface area contributed by atoms with Crippen LogP contribution in [-0.4, -0.2) is 37.7 Å². The SMILES string of the molecule is COCc1c(C(=O)NCc2ccncc2)cnn1-c1nccc(-c2ccccc2F)n1. The first kappa shape index (κ1) is 20.3. The molecule has 1 amide bonds. The molecule has 9 heteroatoms. The lowest BCUT2D eigenvalue weighted by molar-refractivity contribution is 0.0945. The number of amides is 1. The standard InChI is InChI=1S/C22H19FN6O2/c1-31-14-20-17(21(30)26-12-15-6-9-24-10-7-15)13-27-29(20)22-25-11-8-19(28-22)16-4-2-3-5-18(16)23/h2-11,13H,12,14H2,1H3,(H,26,30). The van der Waals surface area contributed by atoms with Crippen LogP contribution >= 0.6 is 0 Å². The molecule has 0 radical (unpaired) electrons. The van der Waals surface area contributed by atoms with E-state index in [0.29, 0.717) is 29.1 Å². The monoisotopic (exact) mass is 418 g/mol. The van der Waals surface area contributed by atoms with Crippen molar-refractivity contribution in [2.45, 2.75) is 13.2 Å². The zero-order valence-electron chi connectivity index (χ0n) is 16.7. The lowest BCUT2D eigenvalue weighted by atomic mass is 10.1. The molecule has 3 aromatic heterocycles. The molecule has 0 fully saturated rings. The first-order valence-corrected chi connectivity index (χ1v) is 9.48. The van der Waals surface area contributed by atoms with Crippen molar-refractivity contribution in [1.82, 2.24) is 30.0 Å². The second kappa shape index (κ2) is 9.23. The summed E-state index contributed by atoms with van der Waals surface area (Å²) in [7, 11) is 1.52. The second-order valence-electron chi connectivity index (χ2n) is 6.61. The number of carbonyl (C=O) groups is 1. The van der Waals surface area contributed by atoms with Gasteiger partial charge in [0.05, 0.1) is 29.8 Å². The molecule has 1 N–H and O–H groups in total. The molecule has 0 aliphatic heterocycles. The van der Waals surface area contributed by atoms with E-state index in [-0.39, 0.29) is 24.3 Å². The molecule has 4 rings (SSSR count). The van der Waals surface area contributed by atoms with Gasteiger partial charge in [-0.3, -0.25) is 9.78 Å². The summed E-state index contributed by atoms with van der Waals surface area (Å²) in [5, 5.41) is 7.14. The number of methoxy groups -OCH3 is 1. The molecule has 0 saturated heterocycles. The van der Waals surface area contributed by atoms with Crippen molar-refractivity contribution in [3.05, 3.63) is 89.9 Å². The van der Waals surface area contributed by atoms with Crippen LogP contribution in [0.1, 0.15) is 21.6 Å². The number of ether oxygens (including phenoxy) is 1. The van der Waals surface area contributed by atoms with Crippen molar-refractivity contribution in [3.8, 4) is 17.2 Å². The molecular formula is C22H19FN6O2. The summed E-state index contributed by atoms with van der Waals surface area (Å²) in [5.74, 6) is -0.484. The van der Waals surface area contributed by atoms with Gasteiger partial charge in [0, 0.05) is 37.8 Å². The van der Waals surface area contributed by atoms with E-state index in [4.69, 9.17) is 4.74 Å². The molecule has 31 heavy (non-hydrogen) atoms. The van der Waals surface area contributed by atoms with Crippen LogP contribution in [0.2, 0.25) is 0 Å². The van der Waals surface area contributed by atoms with Gasteiger partial charge in [-0.15, -0.1) is 0 Å². The molecule has 0 aliphatic carbocycles. The quantitative estimate of drug-likeness (QED) is 0.496. The van der Waals surface area contributed by atoms with Crippen molar-refractivity contribution < 1.29 is 13.9 Å². The number of halogens is 1. The predicted molar refractivity (Wildman–Crippen MR) is 111 cm³/mol. The van der Waals surface area contributed by atoms with Gasteiger partial charge in [0.2, 0.25) is 0 Å². The molecule has 0 aliphatic rings. The van der Waals surface area contributed by atoms with E-state index in [1.165, 1.54) is 30.3 Å². The van der Waals surface area contributed by atoms with E-state index in [1.807, 2.05) is 12.1 Å². The maximum atomic E-state index is 14.2. The normalized spacial score (nSPS) is 10.8. The summed E-state index contributed by atoms with van der Waals surface area (Å²) in [5.41, 5.74) is 2.51. The molecule has 0 spiro atoms. The third-order valence-corrected chi connectivity index (χ3v) is 4.58. The summed E-state index contributed by atoms with van der Waals surface area (Å²) in [4.78, 5) is 25.4. The topological polar surface area (TPSA) is 94.8 Å². The van der Waals surface area contributed by atoms with Crippen LogP contribution in [0.3, 0.4) is 0 Å². The van der Waals surface area contributed by atoms with Gasteiger partial charge in [0.15, 0.2) is 0 Å². The Labute approximate surface area is 177 Å². The fourth-order valence-electron chi connectivity index (χ4n) is 3.06. The highest BCUT2D eigenvalue weighted by atomic mass is 19.1. The van der Waals surface area contributed by atoms with Crippen molar-refractivity contribution >= 4 is 5.91 Å². The molecular weight excluding hydrogens is 399 g/mol. The molecule has 1 aromatic carbocycles. The highest BCUT2D eigenvalue weighted by molar-refractivity contribution is 5.95. The Balaban J connectivity index is 1.64. The zero-order valence-corrected chi connectivity index (χ0v) is 16.7. The van der Waals surface area contributed by atoms with Crippen LogP contribution in [0.4, 0.5) is 4.39 Å². The highest BCUT2D eigenvalue weighted by Gasteiger charge is 2.20. The second-order valence-corrected chi connectivity index (χ2v) is 6.61. The summed E-state index contributed by atoms with van der Waals surface area (Å²) >= 11 is 0. The van der Waals surface area contributed by atoms with Crippen molar-refractivity contribution in [1.29, 1.82) is 0 Å². The van der Waals surface area contributed by atoms with Crippen LogP contribution in [0.15, 0.2) is 67.3 Å². The van der Waals surface area contributed by atoms with Crippen LogP contribution in [0.25, 0.3) is 17.2 Å². The summed E-state index contributed by atoms with van der Waals surface area (Å²) in [6.45, 7) is 0.462. The lowest BCUT2D eigenvalue weighted by Crippen LogP contribution is -2.24. The first-order chi connectivity index (χ1) is 15.2. The molecule has 3 heterocycles. The Morgan fingerprint density at radius 2 is 1.94 bits per heavy atom. The Hall–Kier alpha value is -3.98. The third-order valence-electron chi connectivity index (χ3n) is 4.58. The van der Waals surface area contributed by atoms with Gasteiger partial charge in [0.25, 0.3) is 11.9 Å². The molecule has 0 atom stereocenters. The minimum Gasteiger partial charge on any atom is -0.378 e. The van der Waals surface area contributed by atoms with Gasteiger partial charge in [-0.1, -0.05) is 12.1 Å². The Morgan fingerprint density at radius 3 is 2.71 bits per heavy atom. The number of nitrogens with one attached hydrogen (secondary N) is 1. The number of carbonyl (C=O) groups excluding carboxylic acids is 1. The van der Waals surface area contributed by atoms with Crippen LogP contribution in [0, 0.1) is 5.82 Å². The van der Waals surface area contributed by atoms with Gasteiger partial charge in [-0.05, 0) is 35.9 Å². The number of hydrogen-bond acceptors (Lipinski definition) is 6. The maximum Gasteiger partial charge on any atom is 0.255 e. The molecule has 0 bridgehead atoms. The summed E-state index contributed by atoms with van der Waals surface area (Å²) in [6.07, 6.45) is 6.28. The zero-order chi connectivity index (χ0) is 21.6. The average molecular weight is 418 g/mol. The highest BCUT2D eigenvalue weighted by Crippen LogP contribution is 2.21. The van der Waals surface area contributed by atoms with E-state index in [0.717, 1.165) is 5.56 Å². The molecule has 156 valence electrons. The predicted octanol–water partition coefficient (Wildman–Crippen LogP) is 2.94. The van der Waals surface area contributed by atoms with Crippen molar-refractivity contribution in [2.24, 2.45) is 0 Å². The summed E-state index contributed by atoms with van der Waals surface area (Å²) < 4.78 is 20.9. The van der Waals surface area contributed by atoms with Crippen LogP contribution < -0.4 is 5.32 Å². The fraction of sp³-hybridized carbons (Fsp3) is 0.136. The number of benzene rings is 1. The average Bonchev–Trinajstić information content (AvgIpc) is 3.22. The molecule has 0 saturated carbocycles. The van der Waals surface area contributed by atoms with E-state index in [1.54, 1.807) is 36.7 Å². The number of nitrogens with zero attached hydrogens (tertiary/aromatic N) is 5. The van der Waals surface area contributed by atoms with Crippen molar-refractivity contribution in [3.63, 3.8) is 0 Å². The van der Waals surface area contributed by atoms with Crippen LogP contribution in [0.5, 0.6) is 0 Å². The van der Waals surface area contributed by atoms with Gasteiger partial charge in [-0.25, -0.2) is 14.4 Å². The van der Waals surface area contributed by atoms with Gasteiger partial charge in [0.1, 0.15) is 5.82 Å². The number of rotatable bonds is 7. The Bertz CT molecular complexity index is 1200. The molecule has 8 nitrogen and oxygen atoms in total. The minimum atomic E-state index is -0.388. The number of aromatic nitrogens is 5. The Kier molecular flexibility index (Phi) is 6.04.